The van der Waals surface area contributed by atoms with Crippen molar-refractivity contribution in [2.24, 2.45) is 11.8 Å². The number of piperidine rings is 1. The summed E-state index contributed by atoms with van der Waals surface area (Å²) in [6.07, 6.45) is 1.98. The molecule has 0 aromatic carbocycles. The highest BCUT2D eigenvalue weighted by atomic mass is 16.7. The first-order chi connectivity index (χ1) is 9.52. The Morgan fingerprint density at radius 1 is 1.15 bits per heavy atom. The zero-order valence-electron chi connectivity index (χ0n) is 12.6. The summed E-state index contributed by atoms with van der Waals surface area (Å²) in [4.78, 5) is 14.8. The number of nitrogens with zero attached hydrogens (tertiary/aromatic N) is 1. The molecule has 5 nitrogen and oxygen atoms in total. The van der Waals surface area contributed by atoms with Crippen molar-refractivity contribution in [1.82, 2.24) is 4.90 Å². The lowest BCUT2D eigenvalue weighted by Gasteiger charge is -2.40. The van der Waals surface area contributed by atoms with Gasteiger partial charge in [0.05, 0.1) is 37.9 Å². The van der Waals surface area contributed by atoms with E-state index in [1.165, 1.54) is 0 Å². The molecule has 1 spiro atoms. The molecular weight excluding hydrogens is 258 g/mol. The topological polar surface area (TPSA) is 48.0 Å². The summed E-state index contributed by atoms with van der Waals surface area (Å²) in [5.41, 5.74) is 0. The molecule has 3 aliphatic heterocycles. The third-order valence-electron chi connectivity index (χ3n) is 5.07. The smallest absolute Gasteiger partial charge is 0.228 e. The second-order valence-electron chi connectivity index (χ2n) is 6.40. The first-order valence-corrected chi connectivity index (χ1v) is 7.75. The maximum Gasteiger partial charge on any atom is 0.228 e. The second-order valence-corrected chi connectivity index (χ2v) is 6.40. The van der Waals surface area contributed by atoms with Crippen molar-refractivity contribution in [3.05, 3.63) is 0 Å². The summed E-state index contributed by atoms with van der Waals surface area (Å²) >= 11 is 0. The molecule has 0 saturated carbocycles. The number of likely N-dealkylation sites (tertiary alicyclic amines) is 1. The molecule has 3 heterocycles. The van der Waals surface area contributed by atoms with Crippen molar-refractivity contribution in [1.29, 1.82) is 0 Å². The fourth-order valence-corrected chi connectivity index (χ4v) is 3.81. The third-order valence-corrected chi connectivity index (χ3v) is 5.07. The van der Waals surface area contributed by atoms with E-state index in [4.69, 9.17) is 14.2 Å². The quantitative estimate of drug-likeness (QED) is 0.730. The predicted octanol–water partition coefficient (Wildman–Crippen LogP) is 1.41. The molecule has 3 fully saturated rings. The van der Waals surface area contributed by atoms with Gasteiger partial charge in [0.1, 0.15) is 0 Å². The number of ether oxygens (including phenoxy) is 3. The Hall–Kier alpha value is -0.650. The first-order valence-electron chi connectivity index (χ1n) is 7.75. The molecule has 3 rings (SSSR count). The lowest BCUT2D eigenvalue weighted by molar-refractivity contribution is -0.195. The molecule has 0 aliphatic carbocycles. The lowest BCUT2D eigenvalue weighted by atomic mass is 9.87. The number of carbonyl (C=O) groups is 1. The lowest BCUT2D eigenvalue weighted by Crippen LogP contribution is -2.53. The molecule has 0 bridgehead atoms. The van der Waals surface area contributed by atoms with E-state index < -0.39 is 5.79 Å². The van der Waals surface area contributed by atoms with Crippen LogP contribution >= 0.6 is 0 Å². The van der Waals surface area contributed by atoms with Crippen LogP contribution in [0, 0.1) is 11.8 Å². The van der Waals surface area contributed by atoms with Crippen LogP contribution < -0.4 is 0 Å². The van der Waals surface area contributed by atoms with Crippen LogP contribution in [-0.2, 0) is 19.0 Å². The summed E-state index contributed by atoms with van der Waals surface area (Å²) in [5.74, 6) is -0.110. The predicted molar refractivity (Wildman–Crippen MR) is 73.1 cm³/mol. The molecule has 4 atom stereocenters. The molecule has 0 aromatic heterocycles. The standard InChI is InChI=1S/C15H25NO4/c1-10-11(2)20-12(3)13(10)14(17)16-6-4-5-15(9-16)18-7-8-19-15/h10-13H,4-9H2,1-3H3. The zero-order valence-corrected chi connectivity index (χ0v) is 12.6. The van der Waals surface area contributed by atoms with Crippen molar-refractivity contribution in [2.75, 3.05) is 26.3 Å². The van der Waals surface area contributed by atoms with E-state index in [-0.39, 0.29) is 30.0 Å². The molecule has 0 radical (unpaired) electrons. The minimum absolute atomic E-state index is 0.00390. The summed E-state index contributed by atoms with van der Waals surface area (Å²) in [5, 5.41) is 0. The van der Waals surface area contributed by atoms with E-state index in [1.807, 2.05) is 11.8 Å². The second kappa shape index (κ2) is 5.28. The van der Waals surface area contributed by atoms with Gasteiger partial charge >= 0.3 is 0 Å². The Morgan fingerprint density at radius 2 is 1.85 bits per heavy atom. The van der Waals surface area contributed by atoms with E-state index in [0.29, 0.717) is 19.8 Å². The molecular formula is C15H25NO4. The first kappa shape index (κ1) is 14.3. The van der Waals surface area contributed by atoms with Gasteiger partial charge < -0.3 is 19.1 Å². The van der Waals surface area contributed by atoms with Gasteiger partial charge in [-0.15, -0.1) is 0 Å². The van der Waals surface area contributed by atoms with Crippen LogP contribution in [0.5, 0.6) is 0 Å². The van der Waals surface area contributed by atoms with E-state index in [1.54, 1.807) is 0 Å². The maximum atomic E-state index is 12.8. The summed E-state index contributed by atoms with van der Waals surface area (Å²) in [7, 11) is 0. The Labute approximate surface area is 120 Å². The van der Waals surface area contributed by atoms with E-state index in [2.05, 4.69) is 13.8 Å². The highest BCUT2D eigenvalue weighted by molar-refractivity contribution is 5.80. The summed E-state index contributed by atoms with van der Waals surface area (Å²) < 4.78 is 17.3. The Bertz CT molecular complexity index is 380. The van der Waals surface area contributed by atoms with Gasteiger partial charge in [0.2, 0.25) is 5.91 Å². The molecule has 4 unspecified atom stereocenters. The van der Waals surface area contributed by atoms with Crippen molar-refractivity contribution in [3.63, 3.8) is 0 Å². The van der Waals surface area contributed by atoms with Gasteiger partial charge in [-0.3, -0.25) is 4.79 Å². The molecule has 1 amide bonds. The number of hydrogen-bond acceptors (Lipinski definition) is 4. The van der Waals surface area contributed by atoms with E-state index in [0.717, 1.165) is 19.4 Å². The van der Waals surface area contributed by atoms with E-state index in [9.17, 15) is 4.79 Å². The molecule has 0 aromatic rings. The Morgan fingerprint density at radius 3 is 2.45 bits per heavy atom. The van der Waals surface area contributed by atoms with Gasteiger partial charge in [0, 0.05) is 13.0 Å². The summed E-state index contributed by atoms with van der Waals surface area (Å²) in [6.45, 7) is 8.81. The molecule has 5 heteroatoms. The van der Waals surface area contributed by atoms with Gasteiger partial charge in [-0.2, -0.15) is 0 Å². The molecule has 3 saturated heterocycles. The maximum absolute atomic E-state index is 12.8. The van der Waals surface area contributed by atoms with Crippen LogP contribution in [0.2, 0.25) is 0 Å². The van der Waals surface area contributed by atoms with Crippen molar-refractivity contribution < 1.29 is 19.0 Å². The highest BCUT2D eigenvalue weighted by Gasteiger charge is 2.47. The number of rotatable bonds is 1. The highest BCUT2D eigenvalue weighted by Crippen LogP contribution is 2.36. The van der Waals surface area contributed by atoms with Gasteiger partial charge in [-0.05, 0) is 26.2 Å². The van der Waals surface area contributed by atoms with Crippen LogP contribution in [0.3, 0.4) is 0 Å². The molecule has 114 valence electrons. The van der Waals surface area contributed by atoms with Crippen molar-refractivity contribution in [3.8, 4) is 0 Å². The molecule has 0 N–H and O–H groups in total. The fraction of sp³-hybridized carbons (Fsp3) is 0.933. The normalized spacial score (nSPS) is 40.5. The van der Waals surface area contributed by atoms with Crippen molar-refractivity contribution in [2.45, 2.75) is 51.6 Å². The molecule has 3 aliphatic rings. The van der Waals surface area contributed by atoms with Crippen LogP contribution in [0.4, 0.5) is 0 Å². The summed E-state index contributed by atoms with van der Waals surface area (Å²) in [6, 6.07) is 0. The van der Waals surface area contributed by atoms with Gasteiger partial charge in [-0.25, -0.2) is 0 Å². The van der Waals surface area contributed by atoms with E-state index >= 15 is 0 Å². The fourth-order valence-electron chi connectivity index (χ4n) is 3.81. The third kappa shape index (κ3) is 2.36. The average Bonchev–Trinajstić information content (AvgIpc) is 2.95. The van der Waals surface area contributed by atoms with Crippen molar-refractivity contribution >= 4 is 5.91 Å². The SMILES string of the molecule is CC1OC(C)C(C(=O)N2CCCC3(C2)OCCO3)C1C. The van der Waals surface area contributed by atoms with Crippen LogP contribution in [-0.4, -0.2) is 55.1 Å². The largest absolute Gasteiger partial charge is 0.374 e. The minimum atomic E-state index is -0.536. The minimum Gasteiger partial charge on any atom is -0.374 e. The molecule has 20 heavy (non-hydrogen) atoms. The number of carbonyl (C=O) groups excluding carboxylic acids is 1. The zero-order chi connectivity index (χ0) is 14.3. The number of hydrogen-bond donors (Lipinski definition) is 0. The van der Waals surface area contributed by atoms with Gasteiger partial charge in [-0.1, -0.05) is 6.92 Å². The Kier molecular flexibility index (Phi) is 3.77. The van der Waals surface area contributed by atoms with Gasteiger partial charge in [0.15, 0.2) is 5.79 Å². The van der Waals surface area contributed by atoms with Gasteiger partial charge in [0.25, 0.3) is 0 Å². The average molecular weight is 283 g/mol. The Balaban J connectivity index is 1.70. The van der Waals surface area contributed by atoms with Crippen LogP contribution in [0.15, 0.2) is 0 Å². The number of amides is 1. The van der Waals surface area contributed by atoms with Crippen LogP contribution in [0.25, 0.3) is 0 Å². The van der Waals surface area contributed by atoms with Crippen LogP contribution in [0.1, 0.15) is 33.6 Å². The monoisotopic (exact) mass is 283 g/mol.